The summed E-state index contributed by atoms with van der Waals surface area (Å²) < 4.78 is 5.90. The van der Waals surface area contributed by atoms with Gasteiger partial charge in [0.2, 0.25) is 0 Å². The molecule has 0 aliphatic carbocycles. The molecule has 1 N–H and O–H groups in total. The van der Waals surface area contributed by atoms with Gasteiger partial charge in [-0.3, -0.25) is 0 Å². The van der Waals surface area contributed by atoms with Crippen LogP contribution >= 0.6 is 47.0 Å². The van der Waals surface area contributed by atoms with Gasteiger partial charge in [-0.2, -0.15) is 0 Å². The fourth-order valence-electron chi connectivity index (χ4n) is 8.49. The number of esters is 1. The largest absolute Gasteiger partial charge is 0.463 e. The molecule has 3 nitrogen and oxygen atoms in total. The van der Waals surface area contributed by atoms with E-state index in [0.29, 0.717) is 21.0 Å². The number of thioether (sulfide) groups is 4. The Bertz CT molecular complexity index is 922. The van der Waals surface area contributed by atoms with Crippen molar-refractivity contribution >= 4 is 53.0 Å². The summed E-state index contributed by atoms with van der Waals surface area (Å²) in [5.41, 5.74) is -0.467. The molecule has 0 bridgehead atoms. The number of aliphatic hydroxyl groups excluding tert-OH is 1. The van der Waals surface area contributed by atoms with E-state index in [2.05, 4.69) is 78.9 Å². The second kappa shape index (κ2) is 44.1. The number of aliphatic hydroxyl groups is 1. The average molecular weight is 962 g/mol. The summed E-state index contributed by atoms with van der Waals surface area (Å²) in [6.45, 7) is 23.3. The van der Waals surface area contributed by atoms with E-state index in [1.165, 1.54) is 218 Å². The predicted octanol–water partition coefficient (Wildman–Crippen LogP) is 20.2. The highest BCUT2D eigenvalue weighted by Crippen LogP contribution is 2.56. The zero-order valence-electron chi connectivity index (χ0n) is 44.2. The SMILES string of the molecule is CCCCCCCCCCC(C)SC(SC(C)CCCCCCCCCC)C(SC(C)CCCCCCCCCC)(SC(C)CCCCCCCCCC)C(=O)OCC(C)(C)CO. The topological polar surface area (TPSA) is 46.5 Å². The van der Waals surface area contributed by atoms with Crippen molar-refractivity contribution < 1.29 is 14.6 Å². The molecule has 0 aliphatic rings. The molecule has 378 valence electrons. The zero-order valence-corrected chi connectivity index (χ0v) is 47.4. The van der Waals surface area contributed by atoms with Gasteiger partial charge in [0.25, 0.3) is 0 Å². The van der Waals surface area contributed by atoms with Crippen LogP contribution in [0.1, 0.15) is 300 Å². The number of carbonyl (C=O) groups is 1. The Hall–Kier alpha value is 0.830. The van der Waals surface area contributed by atoms with Crippen molar-refractivity contribution in [2.75, 3.05) is 13.2 Å². The van der Waals surface area contributed by atoms with Crippen molar-refractivity contribution in [2.45, 2.75) is 330 Å². The van der Waals surface area contributed by atoms with Crippen LogP contribution in [0.5, 0.6) is 0 Å². The molecule has 0 aromatic heterocycles. The lowest BCUT2D eigenvalue weighted by Gasteiger charge is -2.42. The molecular formula is C56H112O3S4. The first kappa shape index (κ1) is 63.8. The van der Waals surface area contributed by atoms with Gasteiger partial charge in [0, 0.05) is 26.4 Å². The maximum Gasteiger partial charge on any atom is 0.334 e. The van der Waals surface area contributed by atoms with Crippen molar-refractivity contribution in [3.63, 3.8) is 0 Å². The molecule has 4 atom stereocenters. The molecule has 0 aromatic carbocycles. The van der Waals surface area contributed by atoms with E-state index in [9.17, 15) is 5.11 Å². The minimum Gasteiger partial charge on any atom is -0.463 e. The van der Waals surface area contributed by atoms with E-state index in [1.54, 1.807) is 0 Å². The van der Waals surface area contributed by atoms with E-state index in [4.69, 9.17) is 4.74 Å². The summed E-state index contributed by atoms with van der Waals surface area (Å²) in [5.74, 6) is -0.0341. The highest BCUT2D eigenvalue weighted by atomic mass is 32.2. The smallest absolute Gasteiger partial charge is 0.334 e. The standard InChI is InChI=1S/C56H112O3S4/c1-11-15-19-23-27-31-35-39-43-49(5)60-54(61-50(6)44-40-36-32-28-24-20-16-12-2)56(53(58)59-48-55(9,10)47-57,62-51(7)45-41-37-33-29-25-21-17-13-3)63-52(8)46-42-38-34-30-26-22-18-14-4/h49-52,54,57H,11-48H2,1-10H3. The third-order valence-electron chi connectivity index (χ3n) is 12.9. The van der Waals surface area contributed by atoms with Gasteiger partial charge in [-0.05, 0) is 25.7 Å². The molecule has 0 radical (unpaired) electrons. The first-order chi connectivity index (χ1) is 30.4. The molecule has 0 saturated heterocycles. The molecule has 7 heteroatoms. The Balaban J connectivity index is 6.57. The first-order valence-electron chi connectivity index (χ1n) is 27.9. The third-order valence-corrected chi connectivity index (χ3v) is 20.2. The van der Waals surface area contributed by atoms with Crippen LogP contribution in [-0.2, 0) is 9.53 Å². The fourth-order valence-corrected chi connectivity index (χ4v) is 16.7. The number of ether oxygens (including phenoxy) is 1. The predicted molar refractivity (Wildman–Crippen MR) is 295 cm³/mol. The van der Waals surface area contributed by atoms with Crippen LogP contribution in [0.3, 0.4) is 0 Å². The monoisotopic (exact) mass is 961 g/mol. The summed E-state index contributed by atoms with van der Waals surface area (Å²) in [4.78, 5) is 15.3. The second-order valence-electron chi connectivity index (χ2n) is 20.7. The number of hydrogen-bond donors (Lipinski definition) is 1. The number of hydrogen-bond acceptors (Lipinski definition) is 7. The maximum atomic E-state index is 15.3. The van der Waals surface area contributed by atoms with Gasteiger partial charge in [-0.1, -0.05) is 275 Å². The summed E-state index contributed by atoms with van der Waals surface area (Å²) in [7, 11) is 0. The maximum absolute atomic E-state index is 15.3. The first-order valence-corrected chi connectivity index (χ1v) is 31.5. The Morgan fingerprint density at radius 1 is 0.429 bits per heavy atom. The van der Waals surface area contributed by atoms with Gasteiger partial charge in [0.15, 0.2) is 4.08 Å². The van der Waals surface area contributed by atoms with Crippen LogP contribution < -0.4 is 0 Å². The summed E-state index contributed by atoms with van der Waals surface area (Å²) in [5, 5.41) is 12.0. The lowest BCUT2D eigenvalue weighted by atomic mass is 9.97. The van der Waals surface area contributed by atoms with E-state index >= 15 is 4.79 Å². The summed E-state index contributed by atoms with van der Waals surface area (Å²) >= 11 is 8.18. The molecule has 63 heavy (non-hydrogen) atoms. The van der Waals surface area contributed by atoms with Crippen molar-refractivity contribution in [3.05, 3.63) is 0 Å². The summed E-state index contributed by atoms with van der Waals surface area (Å²) in [6, 6.07) is 0. The number of carbonyl (C=O) groups excluding carboxylic acids is 1. The Morgan fingerprint density at radius 2 is 0.683 bits per heavy atom. The molecule has 4 unspecified atom stereocenters. The van der Waals surface area contributed by atoms with Gasteiger partial charge in [0.1, 0.15) is 0 Å². The Kier molecular flexibility index (Phi) is 44.6. The summed E-state index contributed by atoms with van der Waals surface area (Å²) in [6.07, 6.45) is 47.5. The minimum absolute atomic E-state index is 0.00939. The van der Waals surface area contributed by atoms with Gasteiger partial charge >= 0.3 is 5.97 Å². The van der Waals surface area contributed by atoms with Crippen molar-refractivity contribution in [1.82, 2.24) is 0 Å². The Morgan fingerprint density at radius 3 is 0.952 bits per heavy atom. The van der Waals surface area contributed by atoms with Gasteiger partial charge in [0.05, 0.1) is 17.8 Å². The van der Waals surface area contributed by atoms with Gasteiger partial charge < -0.3 is 9.84 Å². The molecule has 0 fully saturated rings. The highest BCUT2D eigenvalue weighted by molar-refractivity contribution is 8.25. The lowest BCUT2D eigenvalue weighted by Crippen LogP contribution is -2.46. The third kappa shape index (κ3) is 36.5. The molecule has 0 amide bonds. The van der Waals surface area contributed by atoms with Crippen LogP contribution in [0.15, 0.2) is 0 Å². The molecule has 0 heterocycles. The molecule has 0 aliphatic heterocycles. The normalized spacial score (nSPS) is 15.5. The second-order valence-corrected chi connectivity index (χ2v) is 27.7. The van der Waals surface area contributed by atoms with E-state index in [0.717, 1.165) is 12.8 Å². The molecule has 0 rings (SSSR count). The van der Waals surface area contributed by atoms with Crippen LogP contribution in [0.2, 0.25) is 0 Å². The fraction of sp³-hybridized carbons (Fsp3) is 0.982. The van der Waals surface area contributed by atoms with E-state index < -0.39 is 9.49 Å². The van der Waals surface area contributed by atoms with Crippen molar-refractivity contribution in [1.29, 1.82) is 0 Å². The average Bonchev–Trinajstić information content (AvgIpc) is 3.26. The Labute approximate surface area is 413 Å². The van der Waals surface area contributed by atoms with E-state index in [-0.39, 0.29) is 23.8 Å². The van der Waals surface area contributed by atoms with Crippen LogP contribution in [0, 0.1) is 5.41 Å². The van der Waals surface area contributed by atoms with E-state index in [1.807, 2.05) is 37.4 Å². The van der Waals surface area contributed by atoms with Crippen molar-refractivity contribution in [2.24, 2.45) is 5.41 Å². The molecular weight excluding hydrogens is 849 g/mol. The van der Waals surface area contributed by atoms with Crippen molar-refractivity contribution in [3.8, 4) is 0 Å². The molecule has 0 spiro atoms. The van der Waals surface area contributed by atoms with Crippen LogP contribution in [-0.4, -0.2) is 54.0 Å². The number of rotatable bonds is 49. The van der Waals surface area contributed by atoms with Gasteiger partial charge in [-0.15, -0.1) is 47.0 Å². The molecule has 0 saturated carbocycles. The van der Waals surface area contributed by atoms with Crippen LogP contribution in [0.4, 0.5) is 0 Å². The zero-order chi connectivity index (χ0) is 46.9. The van der Waals surface area contributed by atoms with Gasteiger partial charge in [-0.25, -0.2) is 4.79 Å². The van der Waals surface area contributed by atoms with Crippen LogP contribution in [0.25, 0.3) is 0 Å². The molecule has 0 aromatic rings. The quantitative estimate of drug-likeness (QED) is 0.0370. The minimum atomic E-state index is -0.721. The lowest BCUT2D eigenvalue weighted by molar-refractivity contribution is -0.147. The number of unbranched alkanes of at least 4 members (excludes halogenated alkanes) is 28. The highest BCUT2D eigenvalue weighted by Gasteiger charge is 2.52.